The maximum atomic E-state index is 12.3. The third kappa shape index (κ3) is 4.19. The number of amides is 3. The van der Waals surface area contributed by atoms with Gasteiger partial charge in [0.05, 0.1) is 11.1 Å². The number of halogens is 1. The van der Waals surface area contributed by atoms with E-state index in [-0.39, 0.29) is 17.7 Å². The number of carbonyl (C=O) groups excluding carboxylic acids is 3. The highest BCUT2D eigenvalue weighted by molar-refractivity contribution is 6.31. The number of imide groups is 1. The number of hydrogen-bond donors (Lipinski definition) is 1. The lowest BCUT2D eigenvalue weighted by molar-refractivity contribution is -0.116. The third-order valence-corrected chi connectivity index (χ3v) is 5.11. The van der Waals surface area contributed by atoms with Crippen LogP contribution in [0.2, 0.25) is 5.02 Å². The molecule has 0 bridgehead atoms. The van der Waals surface area contributed by atoms with Gasteiger partial charge < -0.3 is 5.32 Å². The Balaban J connectivity index is 1.41. The molecular formula is C21H21ClN2O3. The number of hydrogen-bond acceptors (Lipinski definition) is 3. The van der Waals surface area contributed by atoms with Crippen molar-refractivity contribution in [2.75, 3.05) is 11.9 Å². The van der Waals surface area contributed by atoms with Crippen LogP contribution in [0.15, 0.2) is 42.5 Å². The molecule has 1 aliphatic rings. The van der Waals surface area contributed by atoms with Crippen molar-refractivity contribution in [3.63, 3.8) is 0 Å². The highest BCUT2D eigenvalue weighted by atomic mass is 35.5. The fraction of sp³-hybridized carbons (Fsp3) is 0.286. The summed E-state index contributed by atoms with van der Waals surface area (Å²) in [4.78, 5) is 37.9. The minimum absolute atomic E-state index is 0.0684. The van der Waals surface area contributed by atoms with Crippen LogP contribution in [0.5, 0.6) is 0 Å². The number of anilines is 1. The van der Waals surface area contributed by atoms with Crippen molar-refractivity contribution in [2.45, 2.75) is 32.6 Å². The van der Waals surface area contributed by atoms with Gasteiger partial charge in [-0.05, 0) is 49.6 Å². The zero-order valence-corrected chi connectivity index (χ0v) is 15.9. The van der Waals surface area contributed by atoms with E-state index >= 15 is 0 Å². The maximum Gasteiger partial charge on any atom is 0.261 e. The van der Waals surface area contributed by atoms with E-state index < -0.39 is 0 Å². The lowest BCUT2D eigenvalue weighted by atomic mass is 10.1. The van der Waals surface area contributed by atoms with Gasteiger partial charge in [0.1, 0.15) is 0 Å². The molecule has 140 valence electrons. The van der Waals surface area contributed by atoms with Crippen molar-refractivity contribution in [3.8, 4) is 0 Å². The molecule has 0 saturated carbocycles. The molecule has 0 atom stereocenters. The highest BCUT2D eigenvalue weighted by Crippen LogP contribution is 2.24. The summed E-state index contributed by atoms with van der Waals surface area (Å²) in [5.74, 6) is -0.532. The molecule has 27 heavy (non-hydrogen) atoms. The summed E-state index contributed by atoms with van der Waals surface area (Å²) in [6.45, 7) is 2.24. The Hall–Kier alpha value is -2.66. The average Bonchev–Trinajstić information content (AvgIpc) is 2.90. The van der Waals surface area contributed by atoms with Gasteiger partial charge in [-0.1, -0.05) is 36.2 Å². The Morgan fingerprint density at radius 2 is 1.63 bits per heavy atom. The molecule has 5 nitrogen and oxygen atoms in total. The fourth-order valence-electron chi connectivity index (χ4n) is 3.13. The van der Waals surface area contributed by atoms with Gasteiger partial charge in [-0.25, -0.2) is 0 Å². The van der Waals surface area contributed by atoms with Crippen molar-refractivity contribution in [2.24, 2.45) is 0 Å². The van der Waals surface area contributed by atoms with Crippen LogP contribution in [0.25, 0.3) is 0 Å². The number of fused-ring (bicyclic) bond motifs is 1. The fourth-order valence-corrected chi connectivity index (χ4v) is 3.30. The number of benzene rings is 2. The molecule has 0 fully saturated rings. The van der Waals surface area contributed by atoms with Crippen LogP contribution < -0.4 is 5.32 Å². The number of carbonyl (C=O) groups is 3. The highest BCUT2D eigenvalue weighted by Gasteiger charge is 2.34. The molecule has 1 heterocycles. The molecule has 1 N–H and O–H groups in total. The number of nitrogens with one attached hydrogen (secondary N) is 1. The first-order valence-electron chi connectivity index (χ1n) is 8.99. The number of unbranched alkanes of at least 4 members (excludes halogenated alkanes) is 2. The predicted molar refractivity (Wildman–Crippen MR) is 105 cm³/mol. The molecule has 2 aromatic carbocycles. The summed E-state index contributed by atoms with van der Waals surface area (Å²) in [5, 5.41) is 3.49. The van der Waals surface area contributed by atoms with E-state index in [9.17, 15) is 14.4 Å². The van der Waals surface area contributed by atoms with Crippen molar-refractivity contribution in [1.82, 2.24) is 4.90 Å². The van der Waals surface area contributed by atoms with Crippen molar-refractivity contribution < 1.29 is 14.4 Å². The summed E-state index contributed by atoms with van der Waals surface area (Å²) < 4.78 is 0. The molecule has 0 aliphatic carbocycles. The van der Waals surface area contributed by atoms with Gasteiger partial charge in [0.25, 0.3) is 11.8 Å². The predicted octanol–water partition coefficient (Wildman–Crippen LogP) is 4.44. The van der Waals surface area contributed by atoms with Crippen LogP contribution in [-0.4, -0.2) is 29.2 Å². The zero-order chi connectivity index (χ0) is 19.4. The SMILES string of the molecule is Cc1c(Cl)cccc1NC(=O)CCCCCN1C(=O)c2ccccc2C1=O. The Morgan fingerprint density at radius 3 is 2.30 bits per heavy atom. The monoisotopic (exact) mass is 384 g/mol. The Bertz CT molecular complexity index is 860. The van der Waals surface area contributed by atoms with Crippen molar-refractivity contribution >= 4 is 35.0 Å². The van der Waals surface area contributed by atoms with Gasteiger partial charge in [-0.2, -0.15) is 0 Å². The van der Waals surface area contributed by atoms with Crippen molar-refractivity contribution in [3.05, 3.63) is 64.2 Å². The van der Waals surface area contributed by atoms with E-state index in [2.05, 4.69) is 5.32 Å². The number of nitrogens with zero attached hydrogens (tertiary/aromatic N) is 1. The van der Waals surface area contributed by atoms with E-state index in [0.717, 1.165) is 17.7 Å². The summed E-state index contributed by atoms with van der Waals surface area (Å²) in [6.07, 6.45) is 2.51. The molecule has 2 aromatic rings. The topological polar surface area (TPSA) is 66.5 Å². The second-order valence-electron chi connectivity index (χ2n) is 6.58. The van der Waals surface area contributed by atoms with Gasteiger partial charge >= 0.3 is 0 Å². The first-order chi connectivity index (χ1) is 13.0. The summed E-state index contributed by atoms with van der Waals surface area (Å²) in [5.41, 5.74) is 2.51. The van der Waals surface area contributed by atoms with Gasteiger partial charge in [-0.3, -0.25) is 19.3 Å². The summed E-state index contributed by atoms with van der Waals surface area (Å²) in [7, 11) is 0. The molecule has 0 saturated heterocycles. The lowest BCUT2D eigenvalue weighted by Gasteiger charge is -2.13. The van der Waals surface area contributed by atoms with E-state index in [0.29, 0.717) is 42.0 Å². The van der Waals surface area contributed by atoms with Crippen LogP contribution in [0.4, 0.5) is 5.69 Å². The first kappa shape index (κ1) is 19.1. The van der Waals surface area contributed by atoms with Crippen LogP contribution in [0.1, 0.15) is 52.0 Å². The van der Waals surface area contributed by atoms with E-state index in [1.54, 1.807) is 36.4 Å². The molecular weight excluding hydrogens is 364 g/mol. The molecule has 1 aliphatic heterocycles. The van der Waals surface area contributed by atoms with Crippen LogP contribution in [0, 0.1) is 6.92 Å². The average molecular weight is 385 g/mol. The molecule has 0 spiro atoms. The van der Waals surface area contributed by atoms with Crippen LogP contribution in [0.3, 0.4) is 0 Å². The molecule has 0 radical (unpaired) electrons. The zero-order valence-electron chi connectivity index (χ0n) is 15.1. The van der Waals surface area contributed by atoms with Gasteiger partial charge in [0.2, 0.25) is 5.91 Å². The van der Waals surface area contributed by atoms with E-state index in [4.69, 9.17) is 11.6 Å². The number of rotatable bonds is 7. The van der Waals surface area contributed by atoms with Crippen LogP contribution >= 0.6 is 11.6 Å². The minimum Gasteiger partial charge on any atom is -0.326 e. The standard InChI is InChI=1S/C21H21ClN2O3/c1-14-17(22)10-7-11-18(14)23-19(25)12-3-2-6-13-24-20(26)15-8-4-5-9-16(15)21(24)27/h4-5,7-11H,2-3,6,12-13H2,1H3,(H,23,25). The van der Waals surface area contributed by atoms with Crippen molar-refractivity contribution in [1.29, 1.82) is 0 Å². The molecule has 3 rings (SSSR count). The normalized spacial score (nSPS) is 13.0. The molecule has 6 heteroatoms. The Kier molecular flexibility index (Phi) is 5.91. The molecule has 0 unspecified atom stereocenters. The quantitative estimate of drug-likeness (QED) is 0.566. The minimum atomic E-state index is -0.232. The Morgan fingerprint density at radius 1 is 0.963 bits per heavy atom. The first-order valence-corrected chi connectivity index (χ1v) is 9.37. The third-order valence-electron chi connectivity index (χ3n) is 4.71. The second kappa shape index (κ2) is 8.35. The van der Waals surface area contributed by atoms with E-state index in [1.807, 2.05) is 13.0 Å². The van der Waals surface area contributed by atoms with Gasteiger partial charge in [0, 0.05) is 23.7 Å². The smallest absolute Gasteiger partial charge is 0.261 e. The summed E-state index contributed by atoms with van der Waals surface area (Å²) in [6, 6.07) is 12.3. The second-order valence-corrected chi connectivity index (χ2v) is 6.99. The summed E-state index contributed by atoms with van der Waals surface area (Å²) >= 11 is 6.05. The lowest BCUT2D eigenvalue weighted by Crippen LogP contribution is -2.30. The van der Waals surface area contributed by atoms with Gasteiger partial charge in [-0.15, -0.1) is 0 Å². The van der Waals surface area contributed by atoms with Gasteiger partial charge in [0.15, 0.2) is 0 Å². The maximum absolute atomic E-state index is 12.3. The largest absolute Gasteiger partial charge is 0.326 e. The molecule has 0 aromatic heterocycles. The Labute approximate surface area is 163 Å². The molecule has 3 amide bonds. The van der Waals surface area contributed by atoms with Crippen LogP contribution in [-0.2, 0) is 4.79 Å². The van der Waals surface area contributed by atoms with E-state index in [1.165, 1.54) is 4.90 Å².